The van der Waals surface area contributed by atoms with Crippen LogP contribution in [0.25, 0.3) is 0 Å². The van der Waals surface area contributed by atoms with Crippen LogP contribution in [-0.4, -0.2) is 72.2 Å². The Morgan fingerprint density at radius 1 is 1.08 bits per heavy atom. The molecule has 0 unspecified atom stereocenters. The summed E-state index contributed by atoms with van der Waals surface area (Å²) in [6, 6.07) is 12.6. The molecule has 0 spiro atoms. The summed E-state index contributed by atoms with van der Waals surface area (Å²) in [5.74, 6) is 1.10. The number of anilines is 5. The Hall–Kier alpha value is -4.18. The molecule has 0 bridgehead atoms. The number of aliphatic hydroxyl groups excluding tert-OH is 1. The molecule has 1 fully saturated rings. The summed E-state index contributed by atoms with van der Waals surface area (Å²) in [4.78, 5) is 40.3. The molecule has 186 valence electrons. The summed E-state index contributed by atoms with van der Waals surface area (Å²) >= 11 is 0. The summed E-state index contributed by atoms with van der Waals surface area (Å²) in [5.41, 5.74) is 3.04. The number of hydrogen-bond acceptors (Lipinski definition) is 8. The number of likely N-dealkylation sites (tertiary alicyclic amines) is 1. The summed E-state index contributed by atoms with van der Waals surface area (Å²) in [6.45, 7) is 1.03. The van der Waals surface area contributed by atoms with Gasteiger partial charge in [-0.1, -0.05) is 12.1 Å². The van der Waals surface area contributed by atoms with E-state index in [4.69, 9.17) is 9.72 Å². The molecule has 10 nitrogen and oxygen atoms in total. The van der Waals surface area contributed by atoms with Gasteiger partial charge in [0.05, 0.1) is 36.2 Å². The lowest BCUT2D eigenvalue weighted by atomic mass is 10.1. The second kappa shape index (κ2) is 9.46. The molecule has 3 aromatic rings. The van der Waals surface area contributed by atoms with Gasteiger partial charge in [0.2, 0.25) is 5.95 Å². The molecule has 5 rings (SSSR count). The van der Waals surface area contributed by atoms with Crippen molar-refractivity contribution in [3.05, 3.63) is 59.8 Å². The number of methoxy groups -OCH3 is 1. The van der Waals surface area contributed by atoms with E-state index in [-0.39, 0.29) is 17.9 Å². The van der Waals surface area contributed by atoms with Gasteiger partial charge in [0.15, 0.2) is 5.82 Å². The number of carbonyl (C=O) groups excluding carboxylic acids is 2. The van der Waals surface area contributed by atoms with Gasteiger partial charge in [0, 0.05) is 38.9 Å². The summed E-state index contributed by atoms with van der Waals surface area (Å²) in [5, 5.41) is 12.9. The molecule has 0 aliphatic carbocycles. The topological polar surface area (TPSA) is 111 Å². The minimum atomic E-state index is -0.353. The predicted octanol–water partition coefficient (Wildman–Crippen LogP) is 3.18. The minimum Gasteiger partial charge on any atom is -0.496 e. The van der Waals surface area contributed by atoms with Crippen LogP contribution in [0.2, 0.25) is 0 Å². The number of fused-ring (bicyclic) bond motifs is 2. The number of hydrogen-bond donors (Lipinski definition) is 2. The third-order valence-electron chi connectivity index (χ3n) is 6.67. The number of para-hydroxylation sites is 1. The van der Waals surface area contributed by atoms with Crippen LogP contribution in [0, 0.1) is 0 Å². The van der Waals surface area contributed by atoms with Crippen molar-refractivity contribution >= 4 is 40.6 Å². The number of rotatable bonds is 4. The monoisotopic (exact) mass is 488 g/mol. The Balaban J connectivity index is 1.42. The number of piperidine rings is 1. The van der Waals surface area contributed by atoms with E-state index in [2.05, 4.69) is 10.3 Å². The summed E-state index contributed by atoms with van der Waals surface area (Å²) in [6.07, 6.45) is 2.41. The first-order valence-corrected chi connectivity index (χ1v) is 11.8. The van der Waals surface area contributed by atoms with E-state index in [0.29, 0.717) is 65.9 Å². The zero-order chi connectivity index (χ0) is 25.4. The van der Waals surface area contributed by atoms with E-state index in [1.165, 1.54) is 7.11 Å². The van der Waals surface area contributed by atoms with Gasteiger partial charge in [0.25, 0.3) is 11.8 Å². The second-order valence-electron chi connectivity index (χ2n) is 8.91. The zero-order valence-electron chi connectivity index (χ0n) is 20.4. The van der Waals surface area contributed by atoms with Gasteiger partial charge in [0.1, 0.15) is 11.4 Å². The molecular formula is C26H28N6O4. The third kappa shape index (κ3) is 4.20. The van der Waals surface area contributed by atoms with Crippen LogP contribution >= 0.6 is 0 Å². The Kier molecular flexibility index (Phi) is 6.19. The highest BCUT2D eigenvalue weighted by Gasteiger charge is 2.29. The van der Waals surface area contributed by atoms with Crippen molar-refractivity contribution in [2.75, 3.05) is 49.4 Å². The standard InChI is InChI=1S/C26H28N6O4/c1-30-20-7-5-4-6-18(20)24(34)31(2)21-15-27-26(29-23(21)30)28-16-8-9-19(22(14-16)36-3)25(35)32-12-10-17(33)11-13-32/h4-9,14-15,17,33H,10-13H2,1-3H3,(H,27,28,29). The van der Waals surface area contributed by atoms with E-state index in [9.17, 15) is 14.7 Å². The van der Waals surface area contributed by atoms with Crippen molar-refractivity contribution in [2.45, 2.75) is 18.9 Å². The number of aliphatic hydroxyl groups is 1. The van der Waals surface area contributed by atoms with Gasteiger partial charge in [-0.2, -0.15) is 4.98 Å². The number of ether oxygens (including phenoxy) is 1. The molecule has 10 heteroatoms. The third-order valence-corrected chi connectivity index (χ3v) is 6.67. The molecule has 2 aliphatic heterocycles. The highest BCUT2D eigenvalue weighted by Crippen LogP contribution is 2.38. The van der Waals surface area contributed by atoms with Crippen molar-refractivity contribution in [2.24, 2.45) is 0 Å². The number of benzene rings is 2. The van der Waals surface area contributed by atoms with Gasteiger partial charge in [-0.3, -0.25) is 9.59 Å². The van der Waals surface area contributed by atoms with E-state index in [1.807, 2.05) is 30.1 Å². The smallest absolute Gasteiger partial charge is 0.260 e. The van der Waals surface area contributed by atoms with Crippen LogP contribution in [0.5, 0.6) is 5.75 Å². The molecule has 1 aromatic heterocycles. The molecule has 0 atom stereocenters. The fourth-order valence-corrected chi connectivity index (χ4v) is 4.58. The molecule has 2 aliphatic rings. The molecular weight excluding hydrogens is 460 g/mol. The van der Waals surface area contributed by atoms with Gasteiger partial charge >= 0.3 is 0 Å². The first-order chi connectivity index (χ1) is 17.4. The average Bonchev–Trinajstić information content (AvgIpc) is 2.98. The van der Waals surface area contributed by atoms with Gasteiger partial charge in [-0.15, -0.1) is 0 Å². The molecule has 3 heterocycles. The highest BCUT2D eigenvalue weighted by molar-refractivity contribution is 6.13. The van der Waals surface area contributed by atoms with Crippen molar-refractivity contribution < 1.29 is 19.4 Å². The van der Waals surface area contributed by atoms with Crippen LogP contribution in [0.15, 0.2) is 48.7 Å². The minimum absolute atomic E-state index is 0.125. The van der Waals surface area contributed by atoms with Crippen LogP contribution in [-0.2, 0) is 0 Å². The Bertz CT molecular complexity index is 1320. The predicted molar refractivity (Wildman–Crippen MR) is 137 cm³/mol. The lowest BCUT2D eigenvalue weighted by molar-refractivity contribution is 0.0544. The van der Waals surface area contributed by atoms with Gasteiger partial charge in [-0.05, 0) is 37.1 Å². The largest absolute Gasteiger partial charge is 0.496 e. The molecule has 2 amide bonds. The average molecular weight is 489 g/mol. The zero-order valence-corrected chi connectivity index (χ0v) is 20.4. The van der Waals surface area contributed by atoms with Gasteiger partial charge < -0.3 is 29.9 Å². The number of aromatic nitrogens is 2. The van der Waals surface area contributed by atoms with Gasteiger partial charge in [-0.25, -0.2) is 4.98 Å². The fraction of sp³-hybridized carbons (Fsp3) is 0.308. The number of nitrogens with zero attached hydrogens (tertiary/aromatic N) is 5. The molecule has 36 heavy (non-hydrogen) atoms. The number of carbonyl (C=O) groups is 2. The van der Waals surface area contributed by atoms with Crippen molar-refractivity contribution in [3.8, 4) is 5.75 Å². The SMILES string of the molecule is COc1cc(Nc2ncc3c(n2)N(C)c2ccccc2C(=O)N3C)ccc1C(=O)N1CCC(O)CC1. The maximum Gasteiger partial charge on any atom is 0.260 e. The molecule has 0 saturated carbocycles. The molecule has 0 radical (unpaired) electrons. The quantitative estimate of drug-likeness (QED) is 0.576. The van der Waals surface area contributed by atoms with Crippen molar-refractivity contribution in [1.82, 2.24) is 14.9 Å². The summed E-state index contributed by atoms with van der Waals surface area (Å²) in [7, 11) is 5.09. The lowest BCUT2D eigenvalue weighted by Gasteiger charge is -2.30. The normalized spacial score (nSPS) is 15.8. The maximum atomic E-state index is 13.0. The van der Waals surface area contributed by atoms with Crippen LogP contribution in [0.3, 0.4) is 0 Å². The van der Waals surface area contributed by atoms with Crippen LogP contribution in [0.1, 0.15) is 33.6 Å². The first kappa shape index (κ1) is 23.6. The Labute approximate surface area is 209 Å². The van der Waals surface area contributed by atoms with Crippen molar-refractivity contribution in [3.63, 3.8) is 0 Å². The first-order valence-electron chi connectivity index (χ1n) is 11.8. The maximum absolute atomic E-state index is 13.0. The van der Waals surface area contributed by atoms with E-state index >= 15 is 0 Å². The number of amides is 2. The molecule has 2 aromatic carbocycles. The van der Waals surface area contributed by atoms with E-state index in [0.717, 1.165) is 5.69 Å². The lowest BCUT2D eigenvalue weighted by Crippen LogP contribution is -2.40. The molecule has 1 saturated heterocycles. The summed E-state index contributed by atoms with van der Waals surface area (Å²) < 4.78 is 5.52. The van der Waals surface area contributed by atoms with E-state index < -0.39 is 0 Å². The Morgan fingerprint density at radius 3 is 2.58 bits per heavy atom. The number of nitrogens with one attached hydrogen (secondary N) is 1. The van der Waals surface area contributed by atoms with Crippen LogP contribution in [0.4, 0.5) is 28.8 Å². The van der Waals surface area contributed by atoms with E-state index in [1.54, 1.807) is 47.3 Å². The molecule has 2 N–H and O–H groups in total. The van der Waals surface area contributed by atoms with Crippen molar-refractivity contribution in [1.29, 1.82) is 0 Å². The highest BCUT2D eigenvalue weighted by atomic mass is 16.5. The Morgan fingerprint density at radius 2 is 1.83 bits per heavy atom. The van der Waals surface area contributed by atoms with Crippen LogP contribution < -0.4 is 19.9 Å². The second-order valence-corrected chi connectivity index (χ2v) is 8.91. The fourth-order valence-electron chi connectivity index (χ4n) is 4.58.